The van der Waals surface area contributed by atoms with Gasteiger partial charge in [-0.25, -0.2) is 21.6 Å². The van der Waals surface area contributed by atoms with Crippen molar-refractivity contribution in [3.05, 3.63) is 28.2 Å². The molecule has 0 aromatic heterocycles. The first-order chi connectivity index (χ1) is 9.03. The highest BCUT2D eigenvalue weighted by atomic mass is 35.5. The van der Waals surface area contributed by atoms with Crippen LogP contribution in [0.4, 0.5) is 0 Å². The van der Waals surface area contributed by atoms with Gasteiger partial charge < -0.3 is 0 Å². The molecule has 0 amide bonds. The maximum atomic E-state index is 12.3. The molecule has 5 nitrogen and oxygen atoms in total. The van der Waals surface area contributed by atoms with E-state index in [2.05, 4.69) is 4.72 Å². The number of hydrogen-bond donors (Lipinski definition) is 1. The summed E-state index contributed by atoms with van der Waals surface area (Å²) in [5.41, 5.74) is -0.996. The predicted molar refractivity (Wildman–Crippen MR) is 78.5 cm³/mol. The van der Waals surface area contributed by atoms with Crippen LogP contribution in [0.3, 0.4) is 0 Å². The average Bonchev–Trinajstić information content (AvgIpc) is 2.55. The molecule has 0 saturated carbocycles. The number of halogens is 2. The van der Waals surface area contributed by atoms with Gasteiger partial charge in [-0.05, 0) is 31.5 Å². The number of sulfonamides is 1. The first-order valence-electron chi connectivity index (χ1n) is 5.73. The molecule has 1 aliphatic heterocycles. The highest BCUT2D eigenvalue weighted by molar-refractivity contribution is 7.92. The standard InChI is InChI=1S/C11H13Cl2NO4S2/c1-11(4-5-19(15,16)7-11)14-20(17,18)8-2-3-9(12)10(13)6-8/h2-3,6,14H,4-5,7H2,1H3. The molecule has 1 heterocycles. The summed E-state index contributed by atoms with van der Waals surface area (Å²) in [4.78, 5) is -0.0441. The molecule has 0 aliphatic carbocycles. The van der Waals surface area contributed by atoms with Gasteiger partial charge in [0.15, 0.2) is 9.84 Å². The van der Waals surface area contributed by atoms with Crippen LogP contribution >= 0.6 is 23.2 Å². The molecule has 1 N–H and O–H groups in total. The largest absolute Gasteiger partial charge is 0.241 e. The minimum absolute atomic E-state index is 0.0204. The predicted octanol–water partition coefficient (Wildman–Crippen LogP) is 1.85. The van der Waals surface area contributed by atoms with Crippen molar-refractivity contribution >= 4 is 43.1 Å². The minimum atomic E-state index is -3.85. The zero-order valence-corrected chi connectivity index (χ0v) is 13.7. The van der Waals surface area contributed by atoms with Crippen molar-refractivity contribution in [1.82, 2.24) is 4.72 Å². The van der Waals surface area contributed by atoms with Gasteiger partial charge in [-0.15, -0.1) is 0 Å². The fraction of sp³-hybridized carbons (Fsp3) is 0.455. The van der Waals surface area contributed by atoms with Crippen molar-refractivity contribution in [3.8, 4) is 0 Å². The van der Waals surface area contributed by atoms with E-state index in [1.54, 1.807) is 6.92 Å². The van der Waals surface area contributed by atoms with E-state index in [0.717, 1.165) is 0 Å². The van der Waals surface area contributed by atoms with Crippen LogP contribution in [0.1, 0.15) is 13.3 Å². The molecule has 2 rings (SSSR count). The van der Waals surface area contributed by atoms with E-state index in [1.807, 2.05) is 0 Å². The molecule has 1 saturated heterocycles. The van der Waals surface area contributed by atoms with Gasteiger partial charge in [0.25, 0.3) is 0 Å². The van der Waals surface area contributed by atoms with Gasteiger partial charge in [0.2, 0.25) is 10.0 Å². The Kier molecular flexibility index (Phi) is 4.12. The molecule has 0 bridgehead atoms. The molecule has 20 heavy (non-hydrogen) atoms. The number of hydrogen-bond acceptors (Lipinski definition) is 4. The first-order valence-corrected chi connectivity index (χ1v) is 9.79. The number of nitrogens with one attached hydrogen (secondary N) is 1. The lowest BCUT2D eigenvalue weighted by molar-refractivity contribution is 0.462. The van der Waals surface area contributed by atoms with Crippen LogP contribution in [0.5, 0.6) is 0 Å². The third kappa shape index (κ3) is 3.46. The molecule has 1 unspecified atom stereocenters. The van der Waals surface area contributed by atoms with Crippen LogP contribution in [-0.2, 0) is 19.9 Å². The summed E-state index contributed by atoms with van der Waals surface area (Å²) in [7, 11) is -7.05. The van der Waals surface area contributed by atoms with Gasteiger partial charge in [-0.1, -0.05) is 23.2 Å². The van der Waals surface area contributed by atoms with Gasteiger partial charge in [0.1, 0.15) is 0 Å². The van der Waals surface area contributed by atoms with Crippen LogP contribution in [0, 0.1) is 0 Å². The highest BCUT2D eigenvalue weighted by Gasteiger charge is 2.41. The van der Waals surface area contributed by atoms with E-state index < -0.39 is 25.4 Å². The zero-order chi connectivity index (χ0) is 15.2. The van der Waals surface area contributed by atoms with Gasteiger partial charge in [0.05, 0.1) is 26.4 Å². The molecule has 1 aliphatic rings. The van der Waals surface area contributed by atoms with Crippen molar-refractivity contribution < 1.29 is 16.8 Å². The molecular formula is C11H13Cl2NO4S2. The lowest BCUT2D eigenvalue weighted by atomic mass is 10.0. The van der Waals surface area contributed by atoms with E-state index in [9.17, 15) is 16.8 Å². The molecule has 112 valence electrons. The Morgan fingerprint density at radius 2 is 1.90 bits per heavy atom. The van der Waals surface area contributed by atoms with Gasteiger partial charge in [-0.2, -0.15) is 0 Å². The third-order valence-electron chi connectivity index (χ3n) is 3.09. The summed E-state index contributed by atoms with van der Waals surface area (Å²) in [6.45, 7) is 1.58. The van der Waals surface area contributed by atoms with Crippen molar-refractivity contribution in [2.75, 3.05) is 11.5 Å². The van der Waals surface area contributed by atoms with E-state index in [-0.39, 0.29) is 32.9 Å². The fourth-order valence-corrected chi connectivity index (χ4v) is 6.13. The van der Waals surface area contributed by atoms with Crippen molar-refractivity contribution in [2.24, 2.45) is 0 Å². The number of sulfone groups is 1. The Morgan fingerprint density at radius 1 is 1.25 bits per heavy atom. The SMILES string of the molecule is CC1(NS(=O)(=O)c2ccc(Cl)c(Cl)c2)CCS(=O)(=O)C1. The number of rotatable bonds is 3. The van der Waals surface area contributed by atoms with Gasteiger partial charge in [0, 0.05) is 5.54 Å². The Hall–Kier alpha value is -0.340. The van der Waals surface area contributed by atoms with Crippen molar-refractivity contribution in [2.45, 2.75) is 23.8 Å². The summed E-state index contributed by atoms with van der Waals surface area (Å²) in [6, 6.07) is 3.94. The maximum Gasteiger partial charge on any atom is 0.241 e. The normalized spacial score (nSPS) is 25.8. The quantitative estimate of drug-likeness (QED) is 0.894. The maximum absolute atomic E-state index is 12.3. The minimum Gasteiger partial charge on any atom is -0.229 e. The smallest absolute Gasteiger partial charge is 0.229 e. The second-order valence-corrected chi connectivity index (χ2v) is 9.76. The third-order valence-corrected chi connectivity index (χ3v) is 7.36. The lowest BCUT2D eigenvalue weighted by Crippen LogP contribution is -2.46. The van der Waals surface area contributed by atoms with E-state index in [0.29, 0.717) is 0 Å². The molecule has 1 aromatic rings. The summed E-state index contributed by atoms with van der Waals surface area (Å²) in [5.74, 6) is -0.228. The van der Waals surface area contributed by atoms with Crippen molar-refractivity contribution in [1.29, 1.82) is 0 Å². The molecular weight excluding hydrogens is 345 g/mol. The second kappa shape index (κ2) is 5.14. The van der Waals surface area contributed by atoms with Crippen molar-refractivity contribution in [3.63, 3.8) is 0 Å². The molecule has 0 spiro atoms. The molecule has 1 fully saturated rings. The Morgan fingerprint density at radius 3 is 2.40 bits per heavy atom. The first kappa shape index (κ1) is 16.0. The van der Waals surface area contributed by atoms with Gasteiger partial charge in [-0.3, -0.25) is 0 Å². The van der Waals surface area contributed by atoms with Crippen LogP contribution in [0.2, 0.25) is 10.0 Å². The summed E-state index contributed by atoms with van der Waals surface area (Å²) < 4.78 is 49.9. The monoisotopic (exact) mass is 357 g/mol. The fourth-order valence-electron chi connectivity index (χ4n) is 2.12. The topological polar surface area (TPSA) is 80.3 Å². The number of benzene rings is 1. The van der Waals surface area contributed by atoms with Gasteiger partial charge >= 0.3 is 0 Å². The Balaban J connectivity index is 2.30. The summed E-state index contributed by atoms with van der Waals surface area (Å²) in [6.07, 6.45) is 0.246. The molecule has 1 atom stereocenters. The van der Waals surface area contributed by atoms with Crippen LogP contribution < -0.4 is 4.72 Å². The lowest BCUT2D eigenvalue weighted by Gasteiger charge is -2.23. The van der Waals surface area contributed by atoms with Crippen LogP contribution in [0.25, 0.3) is 0 Å². The second-order valence-electron chi connectivity index (χ2n) is 5.08. The molecule has 0 radical (unpaired) electrons. The van der Waals surface area contributed by atoms with Crippen LogP contribution in [-0.4, -0.2) is 33.9 Å². The summed E-state index contributed by atoms with van der Waals surface area (Å²) >= 11 is 11.5. The zero-order valence-electron chi connectivity index (χ0n) is 10.6. The van der Waals surface area contributed by atoms with Crippen LogP contribution in [0.15, 0.2) is 23.1 Å². The van der Waals surface area contributed by atoms with E-state index in [1.165, 1.54) is 18.2 Å². The average molecular weight is 358 g/mol. The van der Waals surface area contributed by atoms with E-state index >= 15 is 0 Å². The Labute approximate surface area is 128 Å². The van der Waals surface area contributed by atoms with E-state index in [4.69, 9.17) is 23.2 Å². The highest BCUT2D eigenvalue weighted by Crippen LogP contribution is 2.28. The molecule has 1 aromatic carbocycles. The molecule has 9 heteroatoms. The summed E-state index contributed by atoms with van der Waals surface area (Å²) in [5, 5.41) is 0.374. The Bertz CT molecular complexity index is 746.